The maximum Gasteiger partial charge on any atom is 0.346 e. The Balaban J connectivity index is 1.45. The van der Waals surface area contributed by atoms with Crippen LogP contribution < -0.4 is 9.47 Å². The fraction of sp³-hybridized carbons (Fsp3) is 0.469. The summed E-state index contributed by atoms with van der Waals surface area (Å²) in [6.07, 6.45) is 17.5. The molecule has 5 nitrogen and oxygen atoms in total. The van der Waals surface area contributed by atoms with Crippen LogP contribution in [0.3, 0.4) is 0 Å². The third-order valence-corrected chi connectivity index (χ3v) is 6.55. The van der Waals surface area contributed by atoms with Crippen molar-refractivity contribution in [3.8, 4) is 22.9 Å². The quantitative estimate of drug-likeness (QED) is 0.131. The number of esters is 1. The maximum absolute atomic E-state index is 14.5. The van der Waals surface area contributed by atoms with E-state index in [1.807, 2.05) is 12.1 Å². The van der Waals surface area contributed by atoms with Crippen LogP contribution in [-0.4, -0.2) is 22.5 Å². The first kappa shape index (κ1) is 29.3. The highest BCUT2D eigenvalue weighted by Gasteiger charge is 2.16. The van der Waals surface area contributed by atoms with Gasteiger partial charge in [-0.05, 0) is 37.0 Å². The van der Waals surface area contributed by atoms with Crippen LogP contribution in [0, 0.1) is 5.82 Å². The van der Waals surface area contributed by atoms with Crippen molar-refractivity contribution >= 4 is 5.97 Å². The van der Waals surface area contributed by atoms with E-state index >= 15 is 0 Å². The summed E-state index contributed by atoms with van der Waals surface area (Å²) in [5.41, 5.74) is 2.04. The van der Waals surface area contributed by atoms with Crippen molar-refractivity contribution in [1.29, 1.82) is 0 Å². The van der Waals surface area contributed by atoms with Crippen molar-refractivity contribution in [3.63, 3.8) is 0 Å². The van der Waals surface area contributed by atoms with Gasteiger partial charge in [0.05, 0.1) is 24.6 Å². The first-order valence-corrected chi connectivity index (χ1v) is 14.2. The average Bonchev–Trinajstić information content (AvgIpc) is 2.93. The van der Waals surface area contributed by atoms with Crippen LogP contribution in [-0.2, 0) is 6.42 Å². The SMILES string of the molecule is CCCCCCCCCCc1ccc(-c2ncc(OC(=O)c3ccc(OCCCCC)cc3F)cn2)cc1. The number of rotatable bonds is 17. The molecule has 38 heavy (non-hydrogen) atoms. The molecule has 0 saturated carbocycles. The molecule has 0 spiro atoms. The van der Waals surface area contributed by atoms with Crippen LogP contribution in [0.5, 0.6) is 11.5 Å². The number of unbranched alkanes of at least 4 members (excludes halogenated alkanes) is 9. The number of aryl methyl sites for hydroxylation is 1. The molecule has 6 heteroatoms. The highest BCUT2D eigenvalue weighted by Crippen LogP contribution is 2.21. The molecule has 3 rings (SSSR count). The fourth-order valence-corrected chi connectivity index (χ4v) is 4.26. The molecular weight excluding hydrogens is 479 g/mol. The molecule has 2 aromatic carbocycles. The smallest absolute Gasteiger partial charge is 0.346 e. The molecule has 0 unspecified atom stereocenters. The molecule has 0 fully saturated rings. The summed E-state index contributed by atoms with van der Waals surface area (Å²) in [5.74, 6) is -0.399. The third kappa shape index (κ3) is 9.88. The molecule has 0 aliphatic rings. The number of benzene rings is 2. The molecule has 1 heterocycles. The highest BCUT2D eigenvalue weighted by atomic mass is 19.1. The minimum Gasteiger partial charge on any atom is -0.493 e. The lowest BCUT2D eigenvalue weighted by atomic mass is 10.0. The Morgan fingerprint density at radius 1 is 0.763 bits per heavy atom. The molecule has 0 amide bonds. The molecule has 0 aliphatic carbocycles. The minimum atomic E-state index is -0.804. The monoisotopic (exact) mass is 520 g/mol. The van der Waals surface area contributed by atoms with Crippen LogP contribution in [0.2, 0.25) is 0 Å². The van der Waals surface area contributed by atoms with E-state index in [4.69, 9.17) is 9.47 Å². The van der Waals surface area contributed by atoms with E-state index in [2.05, 4.69) is 35.9 Å². The zero-order valence-corrected chi connectivity index (χ0v) is 22.9. The van der Waals surface area contributed by atoms with E-state index in [1.165, 1.54) is 81.5 Å². The Morgan fingerprint density at radius 3 is 2.05 bits per heavy atom. The number of hydrogen-bond acceptors (Lipinski definition) is 5. The van der Waals surface area contributed by atoms with Crippen LogP contribution in [0.25, 0.3) is 11.4 Å². The second-order valence-corrected chi connectivity index (χ2v) is 9.75. The van der Waals surface area contributed by atoms with E-state index in [9.17, 15) is 9.18 Å². The normalized spacial score (nSPS) is 10.9. The molecule has 0 N–H and O–H groups in total. The molecule has 0 saturated heterocycles. The van der Waals surface area contributed by atoms with Crippen LogP contribution >= 0.6 is 0 Å². The number of carbonyl (C=O) groups excluding carboxylic acids is 1. The predicted molar refractivity (Wildman–Crippen MR) is 150 cm³/mol. The number of halogens is 1. The summed E-state index contributed by atoms with van der Waals surface area (Å²) in [6, 6.07) is 12.4. The lowest BCUT2D eigenvalue weighted by Crippen LogP contribution is -2.11. The fourth-order valence-electron chi connectivity index (χ4n) is 4.26. The van der Waals surface area contributed by atoms with Crippen LogP contribution in [0.4, 0.5) is 4.39 Å². The molecule has 0 atom stereocenters. The summed E-state index contributed by atoms with van der Waals surface area (Å²) < 4.78 is 25.3. The van der Waals surface area contributed by atoms with E-state index in [0.717, 1.165) is 31.2 Å². The van der Waals surface area contributed by atoms with Crippen molar-refractivity contribution in [2.45, 2.75) is 90.9 Å². The summed E-state index contributed by atoms with van der Waals surface area (Å²) in [5, 5.41) is 0. The second-order valence-electron chi connectivity index (χ2n) is 9.75. The molecule has 0 radical (unpaired) electrons. The highest BCUT2D eigenvalue weighted by molar-refractivity contribution is 5.91. The van der Waals surface area contributed by atoms with Gasteiger partial charge in [-0.15, -0.1) is 0 Å². The van der Waals surface area contributed by atoms with E-state index in [-0.39, 0.29) is 11.3 Å². The van der Waals surface area contributed by atoms with E-state index < -0.39 is 11.8 Å². The van der Waals surface area contributed by atoms with Gasteiger partial charge in [-0.3, -0.25) is 0 Å². The van der Waals surface area contributed by atoms with Crippen molar-refractivity contribution in [1.82, 2.24) is 9.97 Å². The standard InChI is InChI=1S/C32H41FN2O3/c1-3-5-7-8-9-10-11-12-14-25-15-17-26(18-16-25)31-34-23-28(24-35-31)38-32(36)29-20-19-27(22-30(29)33)37-21-13-6-4-2/h15-20,22-24H,3-14,21H2,1-2H3. The van der Waals surface area contributed by atoms with Gasteiger partial charge >= 0.3 is 5.97 Å². The van der Waals surface area contributed by atoms with Gasteiger partial charge in [0.2, 0.25) is 0 Å². The average molecular weight is 521 g/mol. The zero-order chi connectivity index (χ0) is 27.0. The molecule has 3 aromatic rings. The first-order chi connectivity index (χ1) is 18.6. The number of aromatic nitrogens is 2. The van der Waals surface area contributed by atoms with E-state index in [0.29, 0.717) is 18.2 Å². The number of hydrogen-bond donors (Lipinski definition) is 0. The largest absolute Gasteiger partial charge is 0.493 e. The van der Waals surface area contributed by atoms with Gasteiger partial charge in [-0.2, -0.15) is 0 Å². The predicted octanol–water partition coefficient (Wildman–Crippen LogP) is 8.75. The Hall–Kier alpha value is -3.28. The Morgan fingerprint density at radius 2 is 1.39 bits per heavy atom. The summed E-state index contributed by atoms with van der Waals surface area (Å²) in [6.45, 7) is 4.87. The second kappa shape index (κ2) is 16.5. The minimum absolute atomic E-state index is 0.157. The maximum atomic E-state index is 14.5. The first-order valence-electron chi connectivity index (χ1n) is 14.2. The Bertz CT molecular complexity index is 1100. The zero-order valence-electron chi connectivity index (χ0n) is 22.9. The van der Waals surface area contributed by atoms with Gasteiger partial charge in [0, 0.05) is 11.6 Å². The molecule has 204 valence electrons. The Labute approximate surface area is 226 Å². The van der Waals surface area contributed by atoms with Crippen molar-refractivity contribution in [3.05, 3.63) is 71.8 Å². The van der Waals surface area contributed by atoms with Gasteiger partial charge in [-0.25, -0.2) is 19.2 Å². The summed E-state index contributed by atoms with van der Waals surface area (Å²) in [7, 11) is 0. The van der Waals surface area contributed by atoms with E-state index in [1.54, 1.807) is 6.07 Å². The van der Waals surface area contributed by atoms with Crippen LogP contribution in [0.1, 0.15) is 100 Å². The number of nitrogens with zero attached hydrogens (tertiary/aromatic N) is 2. The van der Waals surface area contributed by atoms with Crippen molar-refractivity contribution in [2.75, 3.05) is 6.61 Å². The summed E-state index contributed by atoms with van der Waals surface area (Å²) in [4.78, 5) is 21.1. The van der Waals surface area contributed by atoms with Gasteiger partial charge in [0.15, 0.2) is 11.6 Å². The van der Waals surface area contributed by atoms with Crippen molar-refractivity contribution in [2.24, 2.45) is 0 Å². The topological polar surface area (TPSA) is 61.3 Å². The lowest BCUT2D eigenvalue weighted by molar-refractivity contribution is 0.0728. The van der Waals surface area contributed by atoms with Gasteiger partial charge in [0.25, 0.3) is 0 Å². The summed E-state index contributed by atoms with van der Waals surface area (Å²) >= 11 is 0. The van der Waals surface area contributed by atoms with Crippen molar-refractivity contribution < 1.29 is 18.7 Å². The molecule has 1 aromatic heterocycles. The molecular formula is C32H41FN2O3. The van der Waals surface area contributed by atoms with Gasteiger partial charge in [0.1, 0.15) is 11.6 Å². The van der Waals surface area contributed by atoms with Gasteiger partial charge in [-0.1, -0.05) is 95.9 Å². The lowest BCUT2D eigenvalue weighted by Gasteiger charge is -2.09. The Kier molecular flexibility index (Phi) is 12.7. The third-order valence-electron chi connectivity index (χ3n) is 6.55. The molecule has 0 bridgehead atoms. The van der Waals surface area contributed by atoms with Crippen LogP contribution in [0.15, 0.2) is 54.9 Å². The number of ether oxygens (including phenoxy) is 2. The molecule has 0 aliphatic heterocycles. The van der Waals surface area contributed by atoms with Gasteiger partial charge < -0.3 is 9.47 Å². The number of carbonyl (C=O) groups is 1.